The highest BCUT2D eigenvalue weighted by molar-refractivity contribution is 7.23. The molecule has 0 radical (unpaired) electrons. The van der Waals surface area contributed by atoms with Crippen LogP contribution in [0.4, 0.5) is 0 Å². The number of pyridine rings is 5. The van der Waals surface area contributed by atoms with E-state index in [0.717, 1.165) is 99.3 Å². The summed E-state index contributed by atoms with van der Waals surface area (Å²) in [5.41, 5.74) is 30.7. The molecular formula is C83H61N18OS+5. The van der Waals surface area contributed by atoms with Crippen LogP contribution in [0.1, 0.15) is 31.9 Å². The van der Waals surface area contributed by atoms with Gasteiger partial charge in [-0.2, -0.15) is 13.2 Å². The molecule has 0 saturated heterocycles. The lowest BCUT2D eigenvalue weighted by molar-refractivity contribution is -0.623. The minimum absolute atomic E-state index is 0.480. The number of hydrogen-bond donors (Lipinski definition) is 0. The molecule has 103 heavy (non-hydrogen) atoms. The Kier molecular flexibility index (Phi) is 11.6. The van der Waals surface area contributed by atoms with Gasteiger partial charge >= 0.3 is 22.9 Å². The number of thiazole rings is 1. The quantitative estimate of drug-likeness (QED) is 0.150. The number of fused-ring (bicyclic) bond motifs is 35. The summed E-state index contributed by atoms with van der Waals surface area (Å²) in [6.07, 6.45) is 19.7. The molecule has 21 aromatic rings. The van der Waals surface area contributed by atoms with Gasteiger partial charge in [0, 0.05) is 27.8 Å². The fraction of sp³-hybridized carbons (Fsp3) is 0.0843. The second kappa shape index (κ2) is 22.0. The summed E-state index contributed by atoms with van der Waals surface area (Å²) in [6.45, 7) is 2.10. The summed E-state index contributed by atoms with van der Waals surface area (Å²) in [6, 6.07) is 73.1. The highest BCUT2D eigenvalue weighted by atomic mass is 32.1. The molecule has 0 unspecified atom stereocenters. The number of hydrogen-bond acceptors (Lipinski definition) is 7. The molecule has 20 heterocycles. The second-order valence-corrected chi connectivity index (χ2v) is 27.6. The lowest BCUT2D eigenvalue weighted by Gasteiger charge is -2.02. The molecule has 5 aliphatic rings. The average molecular weight is 1360 g/mol. The molecule has 0 fully saturated rings. The number of imidazole rings is 8. The Morgan fingerprint density at radius 1 is 0.398 bits per heavy atom. The van der Waals surface area contributed by atoms with E-state index in [4.69, 9.17) is 8.53 Å². The Hall–Kier alpha value is -13.5. The maximum absolute atomic E-state index is 7.95. The molecule has 0 N–H and O–H groups in total. The summed E-state index contributed by atoms with van der Waals surface area (Å²) in [4.78, 5) is 23.6. The maximum atomic E-state index is 7.95. The van der Waals surface area contributed by atoms with E-state index in [1.165, 1.54) is 92.7 Å². The van der Waals surface area contributed by atoms with Crippen molar-refractivity contribution >= 4 is 94.2 Å². The molecule has 15 aromatic heterocycles. The Bertz CT molecular complexity index is 7080. The van der Waals surface area contributed by atoms with Crippen molar-refractivity contribution in [2.24, 2.45) is 14.0 Å². The van der Waals surface area contributed by atoms with Gasteiger partial charge in [0.15, 0.2) is 52.6 Å². The van der Waals surface area contributed by atoms with Gasteiger partial charge in [0.05, 0.1) is 87.5 Å². The van der Waals surface area contributed by atoms with Crippen molar-refractivity contribution in [2.75, 3.05) is 0 Å². The van der Waals surface area contributed by atoms with Crippen LogP contribution in [0.5, 0.6) is 0 Å². The molecular weight excluding hydrogens is 1300 g/mol. The average Bonchev–Trinajstić information content (AvgIpc) is 1.59. The van der Waals surface area contributed by atoms with E-state index < -0.39 is 6.98 Å². The molecule has 6 aromatic carbocycles. The van der Waals surface area contributed by atoms with Gasteiger partial charge in [0.1, 0.15) is 28.5 Å². The van der Waals surface area contributed by atoms with Gasteiger partial charge < -0.3 is 4.42 Å². The molecule has 26 rings (SSSR count). The van der Waals surface area contributed by atoms with Crippen molar-refractivity contribution in [1.82, 2.24) is 61.1 Å². The first kappa shape index (κ1) is 54.5. The second-order valence-electron chi connectivity index (χ2n) is 26.6. The zero-order valence-corrected chi connectivity index (χ0v) is 56.2. The highest BCUT2D eigenvalue weighted by Crippen LogP contribution is 2.41. The Morgan fingerprint density at radius 2 is 0.854 bits per heavy atom. The van der Waals surface area contributed by atoms with E-state index >= 15 is 0 Å². The summed E-state index contributed by atoms with van der Waals surface area (Å²) in [5, 5.41) is 0. The molecule has 0 aliphatic carbocycles. The molecule has 0 spiro atoms. The number of para-hydroxylation sites is 1. The third-order valence-corrected chi connectivity index (χ3v) is 22.0. The number of benzene rings is 6. The number of nitrogens with zero attached hydrogens (tertiary/aromatic N) is 18. The number of aromatic nitrogens is 18. The maximum Gasteiger partial charge on any atom is 0.329 e. The van der Waals surface area contributed by atoms with Crippen molar-refractivity contribution in [3.05, 3.63) is 302 Å². The predicted octanol–water partition coefficient (Wildman–Crippen LogP) is 13.1. The van der Waals surface area contributed by atoms with Crippen molar-refractivity contribution in [2.45, 2.75) is 32.7 Å². The van der Waals surface area contributed by atoms with Gasteiger partial charge in [0.25, 0.3) is 22.6 Å². The van der Waals surface area contributed by atoms with Crippen LogP contribution in [0.25, 0.3) is 145 Å². The van der Waals surface area contributed by atoms with E-state index in [9.17, 15) is 0 Å². The molecule has 490 valence electrons. The zero-order valence-electron chi connectivity index (χ0n) is 58.4. The first-order valence-corrected chi connectivity index (χ1v) is 35.1. The fourth-order valence-corrected chi connectivity index (χ4v) is 17.6. The van der Waals surface area contributed by atoms with Crippen LogP contribution in [0.2, 0.25) is 0 Å². The molecule has 19 nitrogen and oxygen atoms in total. The third-order valence-electron chi connectivity index (χ3n) is 20.9. The predicted molar refractivity (Wildman–Crippen MR) is 395 cm³/mol. The van der Waals surface area contributed by atoms with Crippen molar-refractivity contribution in [1.29, 1.82) is 0 Å². The van der Waals surface area contributed by atoms with Crippen LogP contribution < -0.4 is 22.3 Å². The third kappa shape index (κ3) is 8.43. The first-order valence-electron chi connectivity index (χ1n) is 35.8. The highest BCUT2D eigenvalue weighted by Gasteiger charge is 2.36. The van der Waals surface area contributed by atoms with Gasteiger partial charge in [-0.25, -0.2) is 31.6 Å². The first-order chi connectivity index (χ1) is 52.1. The van der Waals surface area contributed by atoms with E-state index in [2.05, 4.69) is 260 Å². The van der Waals surface area contributed by atoms with E-state index in [1.54, 1.807) is 12.4 Å². The minimum atomic E-state index is -2.29. The van der Waals surface area contributed by atoms with E-state index in [0.29, 0.717) is 18.0 Å². The monoisotopic (exact) mass is 1360 g/mol. The summed E-state index contributed by atoms with van der Waals surface area (Å²) in [5.74, 6) is 1.83. The topological polar surface area (TPSA) is 136 Å². The van der Waals surface area contributed by atoms with Gasteiger partial charge in [-0.3, -0.25) is 13.7 Å². The van der Waals surface area contributed by atoms with Gasteiger partial charge in [-0.15, -0.1) is 24.9 Å². The SMILES string of the molecule is C[n+]1c2ncccc2n2cc3n(c21)Cc1ccccc1-3.[2H]C([2H])([2H])[n+]1c2ncccc2n2cc3n(c21)Cc1ccccc1-3.c1ccc(-n2c3cccnc3[n+]3cn4c(c23)-c2ccccc2C4)cc1.c1ccc2c(c1)Cn1c[n+]3c(oc4cccnc43)c1-2.c1ccc2c(c1)Cn1c[n+]3c(sc4cccnc43)c1-2. The Labute approximate surface area is 594 Å². The molecule has 5 aliphatic heterocycles. The summed E-state index contributed by atoms with van der Waals surface area (Å²) in [7, 11) is 2.08. The molecule has 0 amide bonds. The largest absolute Gasteiger partial charge is 0.419 e. The lowest BCUT2D eigenvalue weighted by atomic mass is 10.1. The molecule has 0 bridgehead atoms. The summed E-state index contributed by atoms with van der Waals surface area (Å²) >= 11 is 1.82. The number of rotatable bonds is 1. The van der Waals surface area contributed by atoms with Crippen molar-refractivity contribution < 1.29 is 30.9 Å². The van der Waals surface area contributed by atoms with Gasteiger partial charge in [-0.1, -0.05) is 151 Å². The smallest absolute Gasteiger partial charge is 0.329 e. The van der Waals surface area contributed by atoms with Crippen LogP contribution >= 0.6 is 11.3 Å². The van der Waals surface area contributed by atoms with Crippen LogP contribution in [0.15, 0.2) is 279 Å². The minimum Gasteiger partial charge on any atom is -0.419 e. The van der Waals surface area contributed by atoms with Crippen molar-refractivity contribution in [3.63, 3.8) is 0 Å². The summed E-state index contributed by atoms with van der Waals surface area (Å²) < 4.78 is 58.8. The standard InChI is InChI=1S/C21H15N4.2C16H13N4.C15H10N3O.C15H10N3S/c1-2-8-16(9-3-1)25-18-11-6-12-22-20(18)24-14-23-13-15-7-4-5-10-17(15)19(23)21(24)25;2*1-18-15-13(7-4-8-17-15)20-10-14-12-6-3-2-5-11(12)9-19(14)16(18)20;2*1-2-5-11-10(4-1)8-17-9-18-14-12(6-3-7-16-14)19-15(18)13(11)17/h1-12,14H,13H2;2*2-8,10H,9H2,1H3;2*1-7,9H,8H2/q5*+1/i;1D3;;;. The Balaban J connectivity index is 0.0000000830. The van der Waals surface area contributed by atoms with Crippen LogP contribution in [0, 0.1) is 0 Å². The fourth-order valence-electron chi connectivity index (χ4n) is 16.5. The normalized spacial score (nSPS) is 13.5. The van der Waals surface area contributed by atoms with Crippen molar-refractivity contribution in [3.8, 4) is 62.0 Å². The zero-order chi connectivity index (χ0) is 70.2. The van der Waals surface area contributed by atoms with Gasteiger partial charge in [0.2, 0.25) is 16.1 Å². The molecule has 20 heteroatoms. The van der Waals surface area contributed by atoms with E-state index in [-0.39, 0.29) is 0 Å². The van der Waals surface area contributed by atoms with Crippen LogP contribution in [-0.2, 0) is 46.7 Å². The number of oxazole rings is 1. The Morgan fingerprint density at radius 3 is 1.48 bits per heavy atom. The van der Waals surface area contributed by atoms with Crippen LogP contribution in [-0.4, -0.2) is 61.1 Å². The lowest BCUT2D eigenvalue weighted by Crippen LogP contribution is -2.30. The molecule has 0 saturated carbocycles. The van der Waals surface area contributed by atoms with Gasteiger partial charge in [-0.05, 0) is 101 Å². The van der Waals surface area contributed by atoms with E-state index in [1.807, 2.05) is 99.5 Å². The van der Waals surface area contributed by atoms with Crippen LogP contribution in [0.3, 0.4) is 0 Å². The molecule has 0 atom stereocenters. The number of aryl methyl sites for hydroxylation is 2.